The highest BCUT2D eigenvalue weighted by molar-refractivity contribution is 9.10. The number of hydrogen-bond donors (Lipinski definition) is 2. The molecule has 0 aliphatic rings. The smallest absolute Gasteiger partial charge is 0.127 e. The fourth-order valence-electron chi connectivity index (χ4n) is 1.01. The molecule has 0 fully saturated rings. The predicted molar refractivity (Wildman–Crippen MR) is 63.4 cm³/mol. The topological polar surface area (TPSA) is 40.5 Å². The van der Waals surface area contributed by atoms with E-state index in [9.17, 15) is 4.39 Å². The highest BCUT2D eigenvalue weighted by Gasteiger charge is 2.05. The first-order valence-corrected chi connectivity index (χ1v) is 6.39. The van der Waals surface area contributed by atoms with Gasteiger partial charge in [-0.2, -0.15) is 11.8 Å². The van der Waals surface area contributed by atoms with Gasteiger partial charge in [-0.25, -0.2) is 4.39 Å². The number of aliphatic hydroxyl groups is 2. The Morgan fingerprint density at radius 1 is 1.47 bits per heavy atom. The summed E-state index contributed by atoms with van der Waals surface area (Å²) in [4.78, 5) is 0. The normalized spacial score (nSPS) is 12.8. The van der Waals surface area contributed by atoms with E-state index >= 15 is 0 Å². The number of hydrogen-bond acceptors (Lipinski definition) is 3. The lowest BCUT2D eigenvalue weighted by Gasteiger charge is -2.07. The van der Waals surface area contributed by atoms with Gasteiger partial charge < -0.3 is 10.2 Å². The second kappa shape index (κ2) is 6.48. The summed E-state index contributed by atoms with van der Waals surface area (Å²) in [5, 5.41) is 17.7. The molecule has 84 valence electrons. The summed E-state index contributed by atoms with van der Waals surface area (Å²) in [6, 6.07) is 4.77. The monoisotopic (exact) mass is 294 g/mol. The minimum atomic E-state index is -0.731. The molecule has 0 bridgehead atoms. The summed E-state index contributed by atoms with van der Waals surface area (Å²) < 4.78 is 14.1. The number of aliphatic hydroxyl groups excluding tert-OH is 2. The molecule has 0 radical (unpaired) electrons. The molecule has 2 N–H and O–H groups in total. The van der Waals surface area contributed by atoms with Gasteiger partial charge in [-0.15, -0.1) is 0 Å². The highest BCUT2D eigenvalue weighted by Crippen LogP contribution is 2.20. The Morgan fingerprint density at radius 2 is 2.20 bits per heavy atom. The zero-order valence-electron chi connectivity index (χ0n) is 7.99. The van der Waals surface area contributed by atoms with E-state index in [1.807, 2.05) is 0 Å². The van der Waals surface area contributed by atoms with Crippen molar-refractivity contribution in [3.8, 4) is 0 Å². The van der Waals surface area contributed by atoms with Gasteiger partial charge in [0.1, 0.15) is 5.82 Å². The summed E-state index contributed by atoms with van der Waals surface area (Å²) in [6.07, 6.45) is -0.731. The maximum absolute atomic E-state index is 13.2. The average Bonchev–Trinajstić information content (AvgIpc) is 2.23. The van der Waals surface area contributed by atoms with E-state index in [1.54, 1.807) is 12.1 Å². The standard InChI is InChI=1S/C10H12BrFO2S/c11-8-1-2-10(12)7(3-8)5-15-6-9(14)4-13/h1-3,9,13-14H,4-6H2/t9-/m1/s1. The third-order valence-corrected chi connectivity index (χ3v) is 3.42. The minimum absolute atomic E-state index is 0.246. The molecule has 2 nitrogen and oxygen atoms in total. The lowest BCUT2D eigenvalue weighted by atomic mass is 10.2. The third-order valence-electron chi connectivity index (χ3n) is 1.79. The van der Waals surface area contributed by atoms with Crippen LogP contribution in [0, 0.1) is 5.82 Å². The van der Waals surface area contributed by atoms with Crippen molar-refractivity contribution in [2.24, 2.45) is 0 Å². The molecule has 0 aliphatic heterocycles. The van der Waals surface area contributed by atoms with Crippen LogP contribution in [0.3, 0.4) is 0 Å². The molecule has 15 heavy (non-hydrogen) atoms. The van der Waals surface area contributed by atoms with Crippen molar-refractivity contribution in [3.63, 3.8) is 0 Å². The van der Waals surface area contributed by atoms with Gasteiger partial charge in [-0.1, -0.05) is 15.9 Å². The van der Waals surface area contributed by atoms with E-state index in [-0.39, 0.29) is 12.4 Å². The minimum Gasteiger partial charge on any atom is -0.394 e. The van der Waals surface area contributed by atoms with Crippen LogP contribution in [0.25, 0.3) is 0 Å². The summed E-state index contributed by atoms with van der Waals surface area (Å²) in [7, 11) is 0. The molecule has 0 spiro atoms. The van der Waals surface area contributed by atoms with Gasteiger partial charge in [0, 0.05) is 16.0 Å². The number of thioether (sulfide) groups is 1. The van der Waals surface area contributed by atoms with Crippen LogP contribution >= 0.6 is 27.7 Å². The van der Waals surface area contributed by atoms with E-state index in [0.717, 1.165) is 4.47 Å². The van der Waals surface area contributed by atoms with E-state index in [0.29, 0.717) is 17.1 Å². The van der Waals surface area contributed by atoms with Crippen molar-refractivity contribution >= 4 is 27.7 Å². The second-order valence-corrected chi connectivity index (χ2v) is 5.03. The van der Waals surface area contributed by atoms with Gasteiger partial charge in [0.05, 0.1) is 12.7 Å². The average molecular weight is 295 g/mol. The van der Waals surface area contributed by atoms with Crippen LogP contribution < -0.4 is 0 Å². The van der Waals surface area contributed by atoms with Crippen LogP contribution in [0.1, 0.15) is 5.56 Å². The fourth-order valence-corrected chi connectivity index (χ4v) is 2.36. The lowest BCUT2D eigenvalue weighted by molar-refractivity contribution is 0.113. The van der Waals surface area contributed by atoms with Crippen LogP contribution in [-0.2, 0) is 5.75 Å². The van der Waals surface area contributed by atoms with Crippen LogP contribution in [0.15, 0.2) is 22.7 Å². The van der Waals surface area contributed by atoms with E-state index in [1.165, 1.54) is 17.8 Å². The first-order valence-electron chi connectivity index (χ1n) is 4.44. The third kappa shape index (κ3) is 4.51. The number of halogens is 2. The molecule has 1 atom stereocenters. The maximum atomic E-state index is 13.2. The van der Waals surface area contributed by atoms with Crippen LogP contribution in [-0.4, -0.2) is 28.7 Å². The first kappa shape index (κ1) is 13.0. The first-order chi connectivity index (χ1) is 7.13. The molecule has 1 aromatic carbocycles. The Morgan fingerprint density at radius 3 is 2.87 bits per heavy atom. The molecular weight excluding hydrogens is 283 g/mol. The lowest BCUT2D eigenvalue weighted by Crippen LogP contribution is -2.14. The molecule has 0 saturated carbocycles. The molecule has 0 heterocycles. The Kier molecular flexibility index (Phi) is 5.60. The molecule has 5 heteroatoms. The molecule has 0 amide bonds. The van der Waals surface area contributed by atoms with Crippen molar-refractivity contribution in [2.45, 2.75) is 11.9 Å². The zero-order chi connectivity index (χ0) is 11.3. The summed E-state index contributed by atoms with van der Waals surface area (Å²) in [5.41, 5.74) is 0.597. The molecule has 1 rings (SSSR count). The molecule has 0 aromatic heterocycles. The Balaban J connectivity index is 2.46. The predicted octanol–water partition coefficient (Wildman–Crippen LogP) is 2.17. The molecule has 0 unspecified atom stereocenters. The maximum Gasteiger partial charge on any atom is 0.127 e. The van der Waals surface area contributed by atoms with E-state index < -0.39 is 6.10 Å². The largest absolute Gasteiger partial charge is 0.394 e. The summed E-state index contributed by atoms with van der Waals surface area (Å²) in [6.45, 7) is -0.256. The molecular formula is C10H12BrFO2S. The van der Waals surface area contributed by atoms with Crippen LogP contribution in [0.5, 0.6) is 0 Å². The molecule has 1 aromatic rings. The van der Waals surface area contributed by atoms with Crippen molar-refractivity contribution in [2.75, 3.05) is 12.4 Å². The van der Waals surface area contributed by atoms with Gasteiger partial charge in [-0.3, -0.25) is 0 Å². The SMILES string of the molecule is OC[C@@H](O)CSCc1cc(Br)ccc1F. The molecule has 0 aliphatic carbocycles. The van der Waals surface area contributed by atoms with Gasteiger partial charge in [0.15, 0.2) is 0 Å². The highest BCUT2D eigenvalue weighted by atomic mass is 79.9. The van der Waals surface area contributed by atoms with E-state index in [4.69, 9.17) is 10.2 Å². The van der Waals surface area contributed by atoms with Crippen molar-refractivity contribution in [3.05, 3.63) is 34.1 Å². The van der Waals surface area contributed by atoms with E-state index in [2.05, 4.69) is 15.9 Å². The number of rotatable bonds is 5. The zero-order valence-corrected chi connectivity index (χ0v) is 10.4. The second-order valence-electron chi connectivity index (χ2n) is 3.09. The summed E-state index contributed by atoms with van der Waals surface area (Å²) in [5.74, 6) is 0.648. The molecule has 0 saturated heterocycles. The van der Waals surface area contributed by atoms with Crippen molar-refractivity contribution < 1.29 is 14.6 Å². The quantitative estimate of drug-likeness (QED) is 0.874. The van der Waals surface area contributed by atoms with Crippen LogP contribution in [0.2, 0.25) is 0 Å². The van der Waals surface area contributed by atoms with Gasteiger partial charge in [0.25, 0.3) is 0 Å². The van der Waals surface area contributed by atoms with Crippen LogP contribution in [0.4, 0.5) is 4.39 Å². The number of benzene rings is 1. The Labute approximate surface area is 101 Å². The Bertz CT molecular complexity index is 322. The van der Waals surface area contributed by atoms with Gasteiger partial charge in [0.2, 0.25) is 0 Å². The van der Waals surface area contributed by atoms with Gasteiger partial charge >= 0.3 is 0 Å². The summed E-state index contributed by atoms with van der Waals surface area (Å²) >= 11 is 4.66. The fraction of sp³-hybridized carbons (Fsp3) is 0.400. The van der Waals surface area contributed by atoms with Gasteiger partial charge in [-0.05, 0) is 23.8 Å². The van der Waals surface area contributed by atoms with Crippen molar-refractivity contribution in [1.82, 2.24) is 0 Å². The Hall–Kier alpha value is -0.100. The van der Waals surface area contributed by atoms with Crippen molar-refractivity contribution in [1.29, 1.82) is 0 Å².